The molecule has 1 unspecified atom stereocenters. The van der Waals surface area contributed by atoms with Crippen LogP contribution in [0.15, 0.2) is 42.6 Å². The van der Waals surface area contributed by atoms with E-state index in [0.29, 0.717) is 18.5 Å². The summed E-state index contributed by atoms with van der Waals surface area (Å²) in [7, 11) is 0. The first kappa shape index (κ1) is 12.9. The predicted octanol–water partition coefficient (Wildman–Crippen LogP) is 2.70. The van der Waals surface area contributed by atoms with Crippen LogP contribution in [-0.2, 0) is 0 Å². The summed E-state index contributed by atoms with van der Waals surface area (Å²) in [5.41, 5.74) is 7.66. The van der Waals surface area contributed by atoms with E-state index in [9.17, 15) is 5.11 Å². The Morgan fingerprint density at radius 3 is 2.75 bits per heavy atom. The molecule has 1 aliphatic carbocycles. The zero-order valence-electron chi connectivity index (χ0n) is 11.5. The first-order valence-electron chi connectivity index (χ1n) is 6.87. The van der Waals surface area contributed by atoms with Gasteiger partial charge in [-0.1, -0.05) is 30.4 Å². The Hall–Kier alpha value is -2.07. The molecule has 4 heteroatoms. The molecule has 0 amide bonds. The van der Waals surface area contributed by atoms with Crippen LogP contribution >= 0.6 is 0 Å². The number of nitrogens with two attached hydrogens (primary N) is 1. The number of hydrogen-bond donors (Lipinski definition) is 3. The molecule has 3 rings (SSSR count). The fourth-order valence-electron chi connectivity index (χ4n) is 2.68. The van der Waals surface area contributed by atoms with Crippen molar-refractivity contribution in [2.24, 2.45) is 0 Å². The first-order valence-corrected chi connectivity index (χ1v) is 6.87. The van der Waals surface area contributed by atoms with Crippen LogP contribution < -0.4 is 11.1 Å². The van der Waals surface area contributed by atoms with Crippen molar-refractivity contribution in [3.63, 3.8) is 0 Å². The van der Waals surface area contributed by atoms with Gasteiger partial charge < -0.3 is 16.2 Å². The number of anilines is 2. The molecule has 0 bridgehead atoms. The van der Waals surface area contributed by atoms with Crippen LogP contribution in [-0.4, -0.2) is 21.7 Å². The Bertz CT molecular complexity index is 658. The summed E-state index contributed by atoms with van der Waals surface area (Å²) < 4.78 is 0. The number of benzene rings is 1. The molecule has 0 aliphatic heterocycles. The summed E-state index contributed by atoms with van der Waals surface area (Å²) in [5, 5.41) is 15.0. The molecule has 1 aromatic carbocycles. The van der Waals surface area contributed by atoms with Crippen molar-refractivity contribution in [2.75, 3.05) is 11.1 Å². The number of aromatic nitrogens is 1. The summed E-state index contributed by atoms with van der Waals surface area (Å²) in [5.74, 6) is 0. The summed E-state index contributed by atoms with van der Waals surface area (Å²) in [6.45, 7) is 1.99. The number of nitrogen functional groups attached to an aromatic ring is 1. The maximum Gasteiger partial charge on any atom is 0.0913 e. The predicted molar refractivity (Wildman–Crippen MR) is 82.6 cm³/mol. The Morgan fingerprint density at radius 1 is 1.30 bits per heavy atom. The maximum atomic E-state index is 10.6. The standard InChI is InChI=1S/C16H19N3O/c1-11(16(20)8-4-5-9-16)19-15-12-6-2-3-7-14(12)18-10-13(15)17/h2-7,10-11,20H,8-9,17H2,1H3,(H,18,19). The van der Waals surface area contributed by atoms with E-state index in [2.05, 4.69) is 10.3 Å². The second kappa shape index (κ2) is 4.80. The molecule has 1 heterocycles. The number of rotatable bonds is 3. The van der Waals surface area contributed by atoms with E-state index in [4.69, 9.17) is 5.73 Å². The topological polar surface area (TPSA) is 71.2 Å². The number of nitrogens with one attached hydrogen (secondary N) is 1. The van der Waals surface area contributed by atoms with E-state index < -0.39 is 5.60 Å². The fraction of sp³-hybridized carbons (Fsp3) is 0.312. The van der Waals surface area contributed by atoms with Crippen molar-refractivity contribution in [3.05, 3.63) is 42.6 Å². The average Bonchev–Trinajstić information content (AvgIpc) is 2.90. The lowest BCUT2D eigenvalue weighted by molar-refractivity contribution is 0.0391. The van der Waals surface area contributed by atoms with Gasteiger partial charge in [0.25, 0.3) is 0 Å². The monoisotopic (exact) mass is 269 g/mol. The third-order valence-corrected chi connectivity index (χ3v) is 4.08. The number of aliphatic hydroxyl groups is 1. The van der Waals surface area contributed by atoms with Crippen LogP contribution in [0.2, 0.25) is 0 Å². The lowest BCUT2D eigenvalue weighted by Crippen LogP contribution is -2.43. The van der Waals surface area contributed by atoms with Gasteiger partial charge >= 0.3 is 0 Å². The van der Waals surface area contributed by atoms with Gasteiger partial charge in [-0.05, 0) is 25.8 Å². The smallest absolute Gasteiger partial charge is 0.0913 e. The number of fused-ring (bicyclic) bond motifs is 1. The molecule has 0 spiro atoms. The third-order valence-electron chi connectivity index (χ3n) is 4.08. The SMILES string of the molecule is CC(Nc1c(N)cnc2ccccc12)C1(O)CC=CC1. The summed E-state index contributed by atoms with van der Waals surface area (Å²) >= 11 is 0. The number of hydrogen-bond acceptors (Lipinski definition) is 4. The highest BCUT2D eigenvalue weighted by atomic mass is 16.3. The second-order valence-electron chi connectivity index (χ2n) is 5.45. The summed E-state index contributed by atoms with van der Waals surface area (Å²) in [6.07, 6.45) is 7.04. The van der Waals surface area contributed by atoms with E-state index in [0.717, 1.165) is 16.6 Å². The van der Waals surface area contributed by atoms with E-state index in [-0.39, 0.29) is 6.04 Å². The Morgan fingerprint density at radius 2 is 2.00 bits per heavy atom. The van der Waals surface area contributed by atoms with Crippen molar-refractivity contribution in [1.29, 1.82) is 0 Å². The Balaban J connectivity index is 1.96. The highest BCUT2D eigenvalue weighted by Crippen LogP contribution is 2.33. The van der Waals surface area contributed by atoms with Crippen molar-refractivity contribution >= 4 is 22.3 Å². The largest absolute Gasteiger partial charge is 0.396 e. The zero-order valence-corrected chi connectivity index (χ0v) is 11.5. The second-order valence-corrected chi connectivity index (χ2v) is 5.45. The molecular formula is C16H19N3O. The van der Waals surface area contributed by atoms with Gasteiger partial charge in [0.1, 0.15) is 0 Å². The van der Waals surface area contributed by atoms with Crippen LogP contribution in [0.5, 0.6) is 0 Å². The first-order chi connectivity index (χ1) is 9.60. The lowest BCUT2D eigenvalue weighted by atomic mass is 9.92. The van der Waals surface area contributed by atoms with Crippen LogP contribution in [0.3, 0.4) is 0 Å². The van der Waals surface area contributed by atoms with Gasteiger partial charge in [0.05, 0.1) is 34.7 Å². The average molecular weight is 269 g/mol. The minimum absolute atomic E-state index is 0.0920. The van der Waals surface area contributed by atoms with Gasteiger partial charge in [-0.25, -0.2) is 0 Å². The van der Waals surface area contributed by atoms with Crippen LogP contribution in [0.4, 0.5) is 11.4 Å². The molecule has 1 aliphatic rings. The van der Waals surface area contributed by atoms with Crippen LogP contribution in [0.1, 0.15) is 19.8 Å². The molecule has 2 aromatic rings. The van der Waals surface area contributed by atoms with Gasteiger partial charge in [-0.3, -0.25) is 4.98 Å². The van der Waals surface area contributed by atoms with Gasteiger partial charge in [-0.2, -0.15) is 0 Å². The van der Waals surface area contributed by atoms with Crippen molar-refractivity contribution < 1.29 is 5.11 Å². The van der Waals surface area contributed by atoms with Gasteiger partial charge in [0.15, 0.2) is 0 Å². The number of para-hydroxylation sites is 1. The van der Waals surface area contributed by atoms with Crippen molar-refractivity contribution in [1.82, 2.24) is 4.98 Å². The fourth-order valence-corrected chi connectivity index (χ4v) is 2.68. The van der Waals surface area contributed by atoms with Gasteiger partial charge in [0, 0.05) is 5.39 Å². The Kier molecular flexibility index (Phi) is 3.10. The normalized spacial score (nSPS) is 18.3. The molecule has 4 N–H and O–H groups in total. The van der Waals surface area contributed by atoms with Crippen molar-refractivity contribution in [2.45, 2.75) is 31.4 Å². The highest BCUT2D eigenvalue weighted by Gasteiger charge is 2.34. The van der Waals surface area contributed by atoms with E-state index in [1.54, 1.807) is 6.20 Å². The molecule has 0 saturated heterocycles. The maximum absolute atomic E-state index is 10.6. The number of pyridine rings is 1. The Labute approximate surface area is 118 Å². The van der Waals surface area contributed by atoms with Crippen molar-refractivity contribution in [3.8, 4) is 0 Å². The minimum Gasteiger partial charge on any atom is -0.396 e. The molecule has 0 radical (unpaired) electrons. The molecule has 0 fully saturated rings. The van der Waals surface area contributed by atoms with Gasteiger partial charge in [-0.15, -0.1) is 0 Å². The van der Waals surface area contributed by atoms with E-state index >= 15 is 0 Å². The molecule has 1 atom stereocenters. The summed E-state index contributed by atoms with van der Waals surface area (Å²) in [6, 6.07) is 7.77. The third kappa shape index (κ3) is 2.12. The molecule has 104 valence electrons. The zero-order chi connectivity index (χ0) is 14.2. The van der Waals surface area contributed by atoms with E-state index in [1.807, 2.05) is 43.3 Å². The number of nitrogens with zero attached hydrogens (tertiary/aromatic N) is 1. The van der Waals surface area contributed by atoms with Crippen LogP contribution in [0, 0.1) is 0 Å². The molecular weight excluding hydrogens is 250 g/mol. The van der Waals surface area contributed by atoms with Gasteiger partial charge in [0.2, 0.25) is 0 Å². The minimum atomic E-state index is -0.739. The summed E-state index contributed by atoms with van der Waals surface area (Å²) in [4.78, 5) is 4.32. The molecule has 4 nitrogen and oxygen atoms in total. The lowest BCUT2D eigenvalue weighted by Gasteiger charge is -2.32. The highest BCUT2D eigenvalue weighted by molar-refractivity contribution is 5.97. The van der Waals surface area contributed by atoms with Crippen LogP contribution in [0.25, 0.3) is 10.9 Å². The quantitative estimate of drug-likeness (QED) is 0.749. The molecule has 0 saturated carbocycles. The molecule has 1 aromatic heterocycles. The molecule has 20 heavy (non-hydrogen) atoms. The van der Waals surface area contributed by atoms with E-state index in [1.165, 1.54) is 0 Å².